The lowest BCUT2D eigenvalue weighted by Crippen LogP contribution is -2.38. The third kappa shape index (κ3) is 2.02. The number of rotatable bonds is 3. The van der Waals surface area contributed by atoms with Gasteiger partial charge in [0.25, 0.3) is 0 Å². The number of hydrogen-bond donors (Lipinski definition) is 3. The van der Waals surface area contributed by atoms with Gasteiger partial charge in [0, 0.05) is 0 Å². The molecule has 0 aliphatic carbocycles. The van der Waals surface area contributed by atoms with Crippen LogP contribution in [0.1, 0.15) is 0 Å². The molecule has 0 heterocycles. The van der Waals surface area contributed by atoms with E-state index in [1.54, 1.807) is 0 Å². The molecule has 0 spiro atoms. The van der Waals surface area contributed by atoms with Crippen LogP contribution in [0, 0.1) is 0 Å². The fourth-order valence-corrected chi connectivity index (χ4v) is 0.287. The molecule has 0 bridgehead atoms. The van der Waals surface area contributed by atoms with E-state index < -0.39 is 12.3 Å². The van der Waals surface area contributed by atoms with Crippen molar-refractivity contribution >= 4 is 6.29 Å². The van der Waals surface area contributed by atoms with Crippen LogP contribution < -0.4 is 5.32 Å². The van der Waals surface area contributed by atoms with E-state index >= 15 is 0 Å². The summed E-state index contributed by atoms with van der Waals surface area (Å²) in [7, 11) is 1.47. The maximum Gasteiger partial charge on any atom is 0.174 e. The maximum absolute atomic E-state index is 9.80. The van der Waals surface area contributed by atoms with Gasteiger partial charge in [-0.05, 0) is 7.05 Å². The van der Waals surface area contributed by atoms with Crippen molar-refractivity contribution in [2.45, 2.75) is 12.3 Å². The molecule has 0 aromatic rings. The summed E-state index contributed by atoms with van der Waals surface area (Å²) in [6.07, 6.45) is -1.16. The Morgan fingerprint density at radius 2 is 2.12 bits per heavy atom. The van der Waals surface area contributed by atoms with Gasteiger partial charge in [0.2, 0.25) is 0 Å². The molecule has 0 saturated heterocycles. The summed E-state index contributed by atoms with van der Waals surface area (Å²) in [5, 5.41) is 18.9. The Balaban J connectivity index is 3.51. The number of likely N-dealkylation sites (N-methyl/N-ethyl adjacent to an activating group) is 1. The van der Waals surface area contributed by atoms with Gasteiger partial charge in [0.05, 0.1) is 0 Å². The number of aldehydes is 1. The predicted molar refractivity (Wildman–Crippen MR) is 27.1 cm³/mol. The molecule has 0 radical (unpaired) electrons. The van der Waals surface area contributed by atoms with Crippen LogP contribution in [-0.2, 0) is 4.79 Å². The summed E-state index contributed by atoms with van der Waals surface area (Å²) in [6.45, 7) is 0. The third-order valence-electron chi connectivity index (χ3n) is 0.801. The maximum atomic E-state index is 9.80. The van der Waals surface area contributed by atoms with Gasteiger partial charge in [-0.15, -0.1) is 0 Å². The van der Waals surface area contributed by atoms with E-state index in [1.165, 1.54) is 7.05 Å². The zero-order chi connectivity index (χ0) is 6.57. The smallest absolute Gasteiger partial charge is 0.174 e. The van der Waals surface area contributed by atoms with Gasteiger partial charge >= 0.3 is 0 Å². The molecule has 3 N–H and O–H groups in total. The standard InChI is InChI=1S/C4H9NO3/c1-5-3(2-6)4(7)8/h2-5,7-8H,1H3. The van der Waals surface area contributed by atoms with Crippen molar-refractivity contribution in [3.8, 4) is 0 Å². The van der Waals surface area contributed by atoms with Gasteiger partial charge < -0.3 is 20.3 Å². The first-order valence-corrected chi connectivity index (χ1v) is 2.21. The zero-order valence-electron chi connectivity index (χ0n) is 4.53. The van der Waals surface area contributed by atoms with Crippen molar-refractivity contribution < 1.29 is 15.0 Å². The molecule has 1 unspecified atom stereocenters. The second-order valence-corrected chi connectivity index (χ2v) is 1.36. The number of aliphatic hydroxyl groups excluding tert-OH is 1. The van der Waals surface area contributed by atoms with Gasteiger partial charge in [-0.25, -0.2) is 0 Å². The minimum atomic E-state index is -1.60. The summed E-state index contributed by atoms with van der Waals surface area (Å²) in [6, 6.07) is -0.866. The third-order valence-corrected chi connectivity index (χ3v) is 0.801. The lowest BCUT2D eigenvalue weighted by atomic mass is 10.3. The molecule has 1 atom stereocenters. The Morgan fingerprint density at radius 1 is 1.62 bits per heavy atom. The summed E-state index contributed by atoms with van der Waals surface area (Å²) in [5.74, 6) is 0. The van der Waals surface area contributed by atoms with Crippen LogP contribution in [0.2, 0.25) is 0 Å². The molecule has 8 heavy (non-hydrogen) atoms. The topological polar surface area (TPSA) is 69.6 Å². The van der Waals surface area contributed by atoms with Crippen molar-refractivity contribution in [1.82, 2.24) is 5.32 Å². The first-order valence-electron chi connectivity index (χ1n) is 2.21. The van der Waals surface area contributed by atoms with Gasteiger partial charge in [-0.1, -0.05) is 0 Å². The van der Waals surface area contributed by atoms with E-state index in [9.17, 15) is 4.79 Å². The van der Waals surface area contributed by atoms with Crippen LogP contribution in [-0.4, -0.2) is 35.9 Å². The SMILES string of the molecule is CNC(C=O)C(O)O. The number of nitrogens with one attached hydrogen (secondary N) is 1. The minimum Gasteiger partial charge on any atom is -0.366 e. The highest BCUT2D eigenvalue weighted by atomic mass is 16.5. The summed E-state index contributed by atoms with van der Waals surface area (Å²) in [5.41, 5.74) is 0. The van der Waals surface area contributed by atoms with Crippen molar-refractivity contribution in [3.63, 3.8) is 0 Å². The average Bonchev–Trinajstić information content (AvgIpc) is 1.69. The Labute approximate surface area is 47.1 Å². The zero-order valence-corrected chi connectivity index (χ0v) is 4.53. The highest BCUT2D eigenvalue weighted by Crippen LogP contribution is 1.80. The fraction of sp³-hybridized carbons (Fsp3) is 0.750. The second kappa shape index (κ2) is 3.54. The van der Waals surface area contributed by atoms with Crippen molar-refractivity contribution in [1.29, 1.82) is 0 Å². The number of carbonyl (C=O) groups excluding carboxylic acids is 1. The molecule has 0 fully saturated rings. The molecular weight excluding hydrogens is 110 g/mol. The lowest BCUT2D eigenvalue weighted by molar-refractivity contribution is -0.121. The average molecular weight is 119 g/mol. The number of carbonyl (C=O) groups is 1. The largest absolute Gasteiger partial charge is 0.366 e. The Morgan fingerprint density at radius 3 is 2.12 bits per heavy atom. The van der Waals surface area contributed by atoms with Crippen LogP contribution in [0.25, 0.3) is 0 Å². The normalized spacial score (nSPS) is 14.0. The second-order valence-electron chi connectivity index (χ2n) is 1.36. The molecule has 0 aromatic heterocycles. The van der Waals surface area contributed by atoms with E-state index in [0.29, 0.717) is 6.29 Å². The Bertz CT molecular complexity index is 73.7. The van der Waals surface area contributed by atoms with Gasteiger partial charge in [-0.2, -0.15) is 0 Å². The molecule has 0 amide bonds. The molecule has 0 saturated carbocycles. The van der Waals surface area contributed by atoms with Crippen LogP contribution in [0.4, 0.5) is 0 Å². The lowest BCUT2D eigenvalue weighted by Gasteiger charge is -2.08. The van der Waals surface area contributed by atoms with E-state index in [-0.39, 0.29) is 0 Å². The first kappa shape index (κ1) is 7.55. The summed E-state index contributed by atoms with van der Waals surface area (Å²) < 4.78 is 0. The Hall–Kier alpha value is -0.450. The molecule has 0 rings (SSSR count). The molecule has 0 aliphatic heterocycles. The highest BCUT2D eigenvalue weighted by molar-refractivity contribution is 5.57. The molecule has 4 nitrogen and oxygen atoms in total. The number of aliphatic hydroxyl groups is 2. The van der Waals surface area contributed by atoms with Gasteiger partial charge in [0.1, 0.15) is 12.3 Å². The number of hydrogen-bond acceptors (Lipinski definition) is 4. The summed E-state index contributed by atoms with van der Waals surface area (Å²) in [4.78, 5) is 9.80. The van der Waals surface area contributed by atoms with Gasteiger partial charge in [-0.3, -0.25) is 0 Å². The van der Waals surface area contributed by atoms with Crippen LogP contribution in [0.3, 0.4) is 0 Å². The van der Waals surface area contributed by atoms with Crippen LogP contribution in [0.5, 0.6) is 0 Å². The molecule has 48 valence electrons. The molecule has 0 aliphatic rings. The molecule has 0 aromatic carbocycles. The predicted octanol–water partition coefficient (Wildman–Crippen LogP) is -1.92. The fourth-order valence-electron chi connectivity index (χ4n) is 0.287. The van der Waals surface area contributed by atoms with E-state index in [1.807, 2.05) is 0 Å². The molecular formula is C4H9NO3. The Kier molecular flexibility index (Phi) is 3.34. The highest BCUT2D eigenvalue weighted by Gasteiger charge is 2.10. The van der Waals surface area contributed by atoms with E-state index in [4.69, 9.17) is 10.2 Å². The van der Waals surface area contributed by atoms with Crippen LogP contribution >= 0.6 is 0 Å². The summed E-state index contributed by atoms with van der Waals surface area (Å²) >= 11 is 0. The first-order chi connectivity index (χ1) is 3.72. The van der Waals surface area contributed by atoms with Gasteiger partial charge in [0.15, 0.2) is 6.29 Å². The van der Waals surface area contributed by atoms with Crippen molar-refractivity contribution in [2.75, 3.05) is 7.05 Å². The monoisotopic (exact) mass is 119 g/mol. The van der Waals surface area contributed by atoms with E-state index in [0.717, 1.165) is 0 Å². The van der Waals surface area contributed by atoms with Crippen LogP contribution in [0.15, 0.2) is 0 Å². The van der Waals surface area contributed by atoms with Crippen molar-refractivity contribution in [3.05, 3.63) is 0 Å². The van der Waals surface area contributed by atoms with Crippen molar-refractivity contribution in [2.24, 2.45) is 0 Å². The minimum absolute atomic E-state index is 0.435. The molecule has 4 heteroatoms. The quantitative estimate of drug-likeness (QED) is 0.299. The van der Waals surface area contributed by atoms with E-state index in [2.05, 4.69) is 5.32 Å².